The van der Waals surface area contributed by atoms with E-state index in [2.05, 4.69) is 4.98 Å². The van der Waals surface area contributed by atoms with Gasteiger partial charge in [0.15, 0.2) is 0 Å². The Kier molecular flexibility index (Phi) is 7.72. The third-order valence-electron chi connectivity index (χ3n) is 5.26. The lowest BCUT2D eigenvalue weighted by molar-refractivity contribution is -0.154. The molecule has 8 heteroatoms. The van der Waals surface area contributed by atoms with Crippen molar-refractivity contribution in [3.05, 3.63) is 30.1 Å². The van der Waals surface area contributed by atoms with Gasteiger partial charge in [0.2, 0.25) is 11.8 Å². The molecule has 0 atom stereocenters. The van der Waals surface area contributed by atoms with E-state index in [1.807, 2.05) is 28.1 Å². The van der Waals surface area contributed by atoms with E-state index in [0.717, 1.165) is 37.8 Å². The fourth-order valence-electron chi connectivity index (χ4n) is 3.88. The maximum atomic E-state index is 13.1. The van der Waals surface area contributed by atoms with Gasteiger partial charge in [-0.05, 0) is 37.3 Å². The number of carbonyl (C=O) groups excluding carboxylic acids is 2. The zero-order valence-corrected chi connectivity index (χ0v) is 15.7. The number of aromatic nitrogens is 1. The summed E-state index contributed by atoms with van der Waals surface area (Å²) in [6.07, 6.45) is 7.03. The summed E-state index contributed by atoms with van der Waals surface area (Å²) in [7, 11) is 1.53. The molecule has 1 spiro atoms. The van der Waals surface area contributed by atoms with Crippen LogP contribution >= 0.6 is 0 Å². The molecule has 0 unspecified atom stereocenters. The minimum Gasteiger partial charge on any atom is -0.483 e. The van der Waals surface area contributed by atoms with Crippen LogP contribution in [-0.4, -0.2) is 71.5 Å². The average Bonchev–Trinajstić information content (AvgIpc) is 2.68. The highest BCUT2D eigenvalue weighted by molar-refractivity contribution is 5.84. The van der Waals surface area contributed by atoms with Crippen LogP contribution in [0.1, 0.15) is 31.2 Å². The predicted molar refractivity (Wildman–Crippen MR) is 97.7 cm³/mol. The van der Waals surface area contributed by atoms with Crippen molar-refractivity contribution in [2.75, 3.05) is 33.4 Å². The summed E-state index contributed by atoms with van der Waals surface area (Å²) < 4.78 is 4.93. The predicted octanol–water partition coefficient (Wildman–Crippen LogP) is 1.16. The Morgan fingerprint density at radius 2 is 2.04 bits per heavy atom. The van der Waals surface area contributed by atoms with E-state index < -0.39 is 0 Å². The van der Waals surface area contributed by atoms with Crippen molar-refractivity contribution in [2.24, 2.45) is 5.41 Å². The summed E-state index contributed by atoms with van der Waals surface area (Å²) in [5.41, 5.74) is 0.778. The lowest BCUT2D eigenvalue weighted by Crippen LogP contribution is -2.54. The summed E-state index contributed by atoms with van der Waals surface area (Å²) in [4.78, 5) is 41.3. The number of carboxylic acid groups (broad SMARTS) is 1. The molecule has 0 aliphatic carbocycles. The van der Waals surface area contributed by atoms with E-state index in [1.165, 1.54) is 7.11 Å². The molecule has 1 aromatic heterocycles. The number of piperidine rings is 2. The quantitative estimate of drug-likeness (QED) is 0.791. The zero-order valence-electron chi connectivity index (χ0n) is 15.7. The molecular formula is C19H27N3O5. The van der Waals surface area contributed by atoms with E-state index >= 15 is 0 Å². The molecule has 8 nitrogen and oxygen atoms in total. The van der Waals surface area contributed by atoms with Crippen LogP contribution < -0.4 is 0 Å². The number of methoxy groups -OCH3 is 1. The molecule has 2 aliphatic rings. The Morgan fingerprint density at radius 3 is 2.63 bits per heavy atom. The minimum atomic E-state index is -0.287. The normalized spacial score (nSPS) is 18.6. The van der Waals surface area contributed by atoms with Crippen LogP contribution in [0.15, 0.2) is 24.5 Å². The van der Waals surface area contributed by atoms with Crippen molar-refractivity contribution >= 4 is 18.3 Å². The van der Waals surface area contributed by atoms with Gasteiger partial charge in [-0.2, -0.15) is 0 Å². The molecule has 0 bridgehead atoms. The van der Waals surface area contributed by atoms with Crippen molar-refractivity contribution in [2.45, 2.75) is 32.2 Å². The fourth-order valence-corrected chi connectivity index (χ4v) is 3.88. The smallest absolute Gasteiger partial charge is 0.290 e. The Morgan fingerprint density at radius 1 is 1.33 bits per heavy atom. The first-order valence-corrected chi connectivity index (χ1v) is 9.09. The minimum absolute atomic E-state index is 0.0165. The number of hydrogen-bond donors (Lipinski definition) is 1. The van der Waals surface area contributed by atoms with Gasteiger partial charge >= 0.3 is 0 Å². The first kappa shape index (κ1) is 20.8. The topological polar surface area (TPSA) is 100 Å². The standard InChI is InChI=1S/C18H25N3O3.CH2O2/c1-24-14-16(22)20-10-6-18(7-11-20)5-3-9-21(17(18)23)13-15-4-2-8-19-12-15;2-1-3/h2,4,8,12H,3,5-7,9-11,13-14H2,1H3;1H,(H,2,3). The van der Waals surface area contributed by atoms with Crippen LogP contribution in [0.2, 0.25) is 0 Å². The summed E-state index contributed by atoms with van der Waals surface area (Å²) >= 11 is 0. The van der Waals surface area contributed by atoms with Crippen LogP contribution in [0.25, 0.3) is 0 Å². The summed E-state index contributed by atoms with van der Waals surface area (Å²) in [6.45, 7) is 2.60. The van der Waals surface area contributed by atoms with Crippen LogP contribution in [0.5, 0.6) is 0 Å². The molecule has 1 N–H and O–H groups in total. The van der Waals surface area contributed by atoms with E-state index in [4.69, 9.17) is 14.6 Å². The van der Waals surface area contributed by atoms with Crippen molar-refractivity contribution < 1.29 is 24.2 Å². The third-order valence-corrected chi connectivity index (χ3v) is 5.26. The lowest BCUT2D eigenvalue weighted by Gasteiger charge is -2.46. The van der Waals surface area contributed by atoms with E-state index in [-0.39, 0.29) is 30.3 Å². The average molecular weight is 377 g/mol. The second kappa shape index (κ2) is 10.0. The molecule has 3 rings (SSSR count). The monoisotopic (exact) mass is 377 g/mol. The van der Waals surface area contributed by atoms with Crippen LogP contribution in [-0.2, 0) is 25.7 Å². The number of carbonyl (C=O) groups is 3. The molecule has 0 aromatic carbocycles. The molecule has 2 aliphatic heterocycles. The van der Waals surface area contributed by atoms with Crippen molar-refractivity contribution in [1.82, 2.24) is 14.8 Å². The van der Waals surface area contributed by atoms with Gasteiger partial charge in [-0.3, -0.25) is 19.4 Å². The molecule has 148 valence electrons. The summed E-state index contributed by atoms with van der Waals surface area (Å²) in [6, 6.07) is 3.91. The van der Waals surface area contributed by atoms with Crippen molar-refractivity contribution in [1.29, 1.82) is 0 Å². The maximum Gasteiger partial charge on any atom is 0.290 e. The number of amides is 2. The number of ether oxygens (including phenoxy) is 1. The van der Waals surface area contributed by atoms with Crippen molar-refractivity contribution in [3.63, 3.8) is 0 Å². The number of rotatable bonds is 4. The Bertz CT molecular complexity index is 629. The SMILES string of the molecule is COCC(=O)N1CCC2(CCCN(Cc3cccnc3)C2=O)CC1.O=CO. The number of nitrogens with zero attached hydrogens (tertiary/aromatic N) is 3. The Labute approximate surface area is 159 Å². The van der Waals surface area contributed by atoms with Gasteiger partial charge in [-0.15, -0.1) is 0 Å². The third kappa shape index (κ3) is 5.26. The molecular weight excluding hydrogens is 350 g/mol. The van der Waals surface area contributed by atoms with Crippen LogP contribution in [0, 0.1) is 5.41 Å². The zero-order chi connectivity index (χ0) is 19.7. The van der Waals surface area contributed by atoms with Gasteiger partial charge in [-0.1, -0.05) is 6.07 Å². The molecule has 3 heterocycles. The fraction of sp³-hybridized carbons (Fsp3) is 0.579. The second-order valence-electron chi connectivity index (χ2n) is 6.89. The Hall–Kier alpha value is -2.48. The molecule has 2 saturated heterocycles. The second-order valence-corrected chi connectivity index (χ2v) is 6.89. The summed E-state index contributed by atoms with van der Waals surface area (Å²) in [5.74, 6) is 0.263. The highest BCUT2D eigenvalue weighted by atomic mass is 16.5. The highest BCUT2D eigenvalue weighted by Gasteiger charge is 2.46. The maximum absolute atomic E-state index is 13.1. The first-order chi connectivity index (χ1) is 13.1. The van der Waals surface area contributed by atoms with Gasteiger partial charge in [0.25, 0.3) is 6.47 Å². The lowest BCUT2D eigenvalue weighted by atomic mass is 9.71. The highest BCUT2D eigenvalue weighted by Crippen LogP contribution is 2.41. The molecule has 1 aromatic rings. The number of pyridine rings is 1. The Balaban J connectivity index is 0.000000817. The number of likely N-dealkylation sites (tertiary alicyclic amines) is 2. The molecule has 0 saturated carbocycles. The van der Waals surface area contributed by atoms with Gasteiger partial charge in [0, 0.05) is 45.7 Å². The molecule has 2 amide bonds. The number of hydrogen-bond acceptors (Lipinski definition) is 5. The largest absolute Gasteiger partial charge is 0.483 e. The van der Waals surface area contributed by atoms with E-state index in [0.29, 0.717) is 19.6 Å². The molecule has 0 radical (unpaired) electrons. The van der Waals surface area contributed by atoms with Crippen LogP contribution in [0.3, 0.4) is 0 Å². The first-order valence-electron chi connectivity index (χ1n) is 9.09. The molecule has 27 heavy (non-hydrogen) atoms. The van der Waals surface area contributed by atoms with Crippen molar-refractivity contribution in [3.8, 4) is 0 Å². The van der Waals surface area contributed by atoms with Gasteiger partial charge in [0.05, 0.1) is 5.41 Å². The summed E-state index contributed by atoms with van der Waals surface area (Å²) in [5, 5.41) is 6.89. The molecule has 2 fully saturated rings. The van der Waals surface area contributed by atoms with Gasteiger partial charge < -0.3 is 19.6 Å². The van der Waals surface area contributed by atoms with E-state index in [1.54, 1.807) is 6.20 Å². The van der Waals surface area contributed by atoms with E-state index in [9.17, 15) is 9.59 Å². The van der Waals surface area contributed by atoms with Crippen LogP contribution in [0.4, 0.5) is 0 Å². The van der Waals surface area contributed by atoms with Gasteiger partial charge in [-0.25, -0.2) is 0 Å². The van der Waals surface area contributed by atoms with Gasteiger partial charge in [0.1, 0.15) is 6.61 Å².